The third kappa shape index (κ3) is 3.56. The fourth-order valence-corrected chi connectivity index (χ4v) is 2.87. The first-order valence-corrected chi connectivity index (χ1v) is 7.21. The van der Waals surface area contributed by atoms with E-state index in [2.05, 4.69) is 22.5 Å². The number of nitrogens with one attached hydrogen (secondary N) is 2. The molecule has 1 aromatic rings. The monoisotopic (exact) mass is 264 g/mol. The standard InChI is InChI=1S/C14H24N4O/c1-2-4-14(5-3-6-15-11-14)13(19)17-8-10-18-9-7-16-12-18/h7,9,12,15H,2-6,8,10-11H2,1H3,(H,17,19). The van der Waals surface area contributed by atoms with Crippen molar-refractivity contribution in [1.29, 1.82) is 0 Å². The molecule has 1 aliphatic heterocycles. The van der Waals surface area contributed by atoms with Gasteiger partial charge in [0, 0.05) is 32.0 Å². The van der Waals surface area contributed by atoms with Gasteiger partial charge in [-0.05, 0) is 25.8 Å². The van der Waals surface area contributed by atoms with Gasteiger partial charge in [0.05, 0.1) is 11.7 Å². The number of piperidine rings is 1. The predicted molar refractivity (Wildman–Crippen MR) is 74.7 cm³/mol. The summed E-state index contributed by atoms with van der Waals surface area (Å²) in [5, 5.41) is 6.46. The number of hydrogen-bond acceptors (Lipinski definition) is 3. The van der Waals surface area contributed by atoms with Crippen molar-refractivity contribution in [1.82, 2.24) is 20.2 Å². The van der Waals surface area contributed by atoms with E-state index in [0.29, 0.717) is 6.54 Å². The first kappa shape index (κ1) is 14.1. The maximum absolute atomic E-state index is 12.5. The van der Waals surface area contributed by atoms with Crippen LogP contribution in [0.25, 0.3) is 0 Å². The highest BCUT2D eigenvalue weighted by Crippen LogP contribution is 2.31. The molecule has 0 aliphatic carbocycles. The molecule has 2 rings (SSSR count). The highest BCUT2D eigenvalue weighted by molar-refractivity contribution is 5.83. The Bertz CT molecular complexity index is 377. The van der Waals surface area contributed by atoms with E-state index in [1.165, 1.54) is 0 Å². The zero-order valence-electron chi connectivity index (χ0n) is 11.7. The second kappa shape index (κ2) is 6.70. The summed E-state index contributed by atoms with van der Waals surface area (Å²) in [7, 11) is 0. The lowest BCUT2D eigenvalue weighted by Gasteiger charge is -2.36. The molecule has 1 atom stereocenters. The second-order valence-electron chi connectivity index (χ2n) is 5.37. The molecule has 5 nitrogen and oxygen atoms in total. The lowest BCUT2D eigenvalue weighted by molar-refractivity contribution is -0.132. The molecule has 106 valence electrons. The highest BCUT2D eigenvalue weighted by Gasteiger charge is 2.38. The first-order valence-electron chi connectivity index (χ1n) is 7.21. The van der Waals surface area contributed by atoms with E-state index in [1.54, 1.807) is 12.5 Å². The Hall–Kier alpha value is -1.36. The SMILES string of the molecule is CCCC1(C(=O)NCCn2ccnc2)CCCNC1. The van der Waals surface area contributed by atoms with Crippen molar-refractivity contribution in [3.8, 4) is 0 Å². The predicted octanol–water partition coefficient (Wildman–Crippen LogP) is 1.17. The summed E-state index contributed by atoms with van der Waals surface area (Å²) in [5.74, 6) is 0.210. The number of imidazole rings is 1. The fourth-order valence-electron chi connectivity index (χ4n) is 2.87. The minimum Gasteiger partial charge on any atom is -0.354 e. The third-order valence-corrected chi connectivity index (χ3v) is 3.90. The van der Waals surface area contributed by atoms with Gasteiger partial charge in [-0.25, -0.2) is 4.98 Å². The molecule has 2 N–H and O–H groups in total. The van der Waals surface area contributed by atoms with Crippen LogP contribution in [0.2, 0.25) is 0 Å². The van der Waals surface area contributed by atoms with Gasteiger partial charge in [0.2, 0.25) is 5.91 Å². The van der Waals surface area contributed by atoms with E-state index < -0.39 is 0 Å². The van der Waals surface area contributed by atoms with Crippen LogP contribution in [0.15, 0.2) is 18.7 Å². The fraction of sp³-hybridized carbons (Fsp3) is 0.714. The van der Waals surface area contributed by atoms with Crippen molar-refractivity contribution in [2.75, 3.05) is 19.6 Å². The Kier molecular flexibility index (Phi) is 4.96. The largest absolute Gasteiger partial charge is 0.354 e. The molecule has 1 aliphatic rings. The van der Waals surface area contributed by atoms with Gasteiger partial charge in [-0.2, -0.15) is 0 Å². The van der Waals surface area contributed by atoms with Gasteiger partial charge in [0.15, 0.2) is 0 Å². The molecular formula is C14H24N4O. The summed E-state index contributed by atoms with van der Waals surface area (Å²) in [6.07, 6.45) is 9.56. The van der Waals surface area contributed by atoms with Gasteiger partial charge >= 0.3 is 0 Å². The molecule has 0 saturated carbocycles. The average Bonchev–Trinajstić information content (AvgIpc) is 2.93. The molecule has 1 amide bonds. The first-order chi connectivity index (χ1) is 9.27. The normalized spacial score (nSPS) is 23.2. The molecule has 5 heteroatoms. The molecule has 0 radical (unpaired) electrons. The van der Waals surface area contributed by atoms with Crippen LogP contribution in [0, 0.1) is 5.41 Å². The van der Waals surface area contributed by atoms with Crippen molar-refractivity contribution < 1.29 is 4.79 Å². The van der Waals surface area contributed by atoms with Gasteiger partial charge in [-0.3, -0.25) is 4.79 Å². The number of amides is 1. The summed E-state index contributed by atoms with van der Waals surface area (Å²) in [5.41, 5.74) is -0.193. The third-order valence-electron chi connectivity index (χ3n) is 3.90. The molecule has 0 spiro atoms. The maximum atomic E-state index is 12.5. The van der Waals surface area contributed by atoms with Crippen LogP contribution in [0.1, 0.15) is 32.6 Å². The number of aromatic nitrogens is 2. The Morgan fingerprint density at radius 3 is 3.11 bits per heavy atom. The van der Waals surface area contributed by atoms with Crippen LogP contribution in [-0.4, -0.2) is 35.1 Å². The number of carbonyl (C=O) groups excluding carboxylic acids is 1. The van der Waals surface area contributed by atoms with Gasteiger partial charge in [0.25, 0.3) is 0 Å². The topological polar surface area (TPSA) is 59.0 Å². The zero-order chi connectivity index (χ0) is 13.6. The average molecular weight is 264 g/mol. The molecule has 2 heterocycles. The van der Waals surface area contributed by atoms with E-state index >= 15 is 0 Å². The van der Waals surface area contributed by atoms with Crippen molar-refractivity contribution in [3.63, 3.8) is 0 Å². The Morgan fingerprint density at radius 1 is 1.58 bits per heavy atom. The molecule has 1 unspecified atom stereocenters. The van der Waals surface area contributed by atoms with Crippen molar-refractivity contribution in [2.45, 2.75) is 39.2 Å². The quantitative estimate of drug-likeness (QED) is 0.811. The summed E-state index contributed by atoms with van der Waals surface area (Å²) in [4.78, 5) is 16.5. The van der Waals surface area contributed by atoms with Crippen molar-refractivity contribution in [3.05, 3.63) is 18.7 Å². The van der Waals surface area contributed by atoms with Crippen molar-refractivity contribution >= 4 is 5.91 Å². The van der Waals surface area contributed by atoms with E-state index in [-0.39, 0.29) is 11.3 Å². The Morgan fingerprint density at radius 2 is 2.47 bits per heavy atom. The van der Waals surface area contributed by atoms with Crippen LogP contribution >= 0.6 is 0 Å². The maximum Gasteiger partial charge on any atom is 0.227 e. The van der Waals surface area contributed by atoms with Crippen LogP contribution < -0.4 is 10.6 Å². The van der Waals surface area contributed by atoms with Crippen LogP contribution in [0.3, 0.4) is 0 Å². The number of rotatable bonds is 6. The second-order valence-corrected chi connectivity index (χ2v) is 5.37. The summed E-state index contributed by atoms with van der Waals surface area (Å²) < 4.78 is 1.98. The van der Waals surface area contributed by atoms with Crippen LogP contribution in [0.4, 0.5) is 0 Å². The molecule has 1 fully saturated rings. The van der Waals surface area contributed by atoms with Gasteiger partial charge in [-0.1, -0.05) is 13.3 Å². The van der Waals surface area contributed by atoms with E-state index in [1.807, 2.05) is 10.8 Å². The lowest BCUT2D eigenvalue weighted by Crippen LogP contribution is -2.50. The van der Waals surface area contributed by atoms with Crippen LogP contribution in [0.5, 0.6) is 0 Å². The minimum atomic E-state index is -0.193. The summed E-state index contributed by atoms with van der Waals surface area (Å²) >= 11 is 0. The molecule has 1 aromatic heterocycles. The van der Waals surface area contributed by atoms with E-state index in [0.717, 1.165) is 45.3 Å². The minimum absolute atomic E-state index is 0.193. The smallest absolute Gasteiger partial charge is 0.227 e. The number of hydrogen-bond donors (Lipinski definition) is 2. The summed E-state index contributed by atoms with van der Waals surface area (Å²) in [6, 6.07) is 0. The van der Waals surface area contributed by atoms with Gasteiger partial charge in [-0.15, -0.1) is 0 Å². The molecule has 19 heavy (non-hydrogen) atoms. The lowest BCUT2D eigenvalue weighted by atomic mass is 9.76. The van der Waals surface area contributed by atoms with Crippen LogP contribution in [-0.2, 0) is 11.3 Å². The Balaban J connectivity index is 1.85. The number of nitrogens with zero attached hydrogens (tertiary/aromatic N) is 2. The van der Waals surface area contributed by atoms with Gasteiger partial charge < -0.3 is 15.2 Å². The highest BCUT2D eigenvalue weighted by atomic mass is 16.2. The zero-order valence-corrected chi connectivity index (χ0v) is 11.7. The molecular weight excluding hydrogens is 240 g/mol. The molecule has 0 bridgehead atoms. The van der Waals surface area contributed by atoms with Gasteiger partial charge in [0.1, 0.15) is 0 Å². The number of carbonyl (C=O) groups is 1. The molecule has 1 saturated heterocycles. The van der Waals surface area contributed by atoms with Crippen molar-refractivity contribution in [2.24, 2.45) is 5.41 Å². The molecule has 0 aromatic carbocycles. The van der Waals surface area contributed by atoms with E-state index in [4.69, 9.17) is 0 Å². The Labute approximate surface area is 114 Å². The summed E-state index contributed by atoms with van der Waals surface area (Å²) in [6.45, 7) is 5.45. The van der Waals surface area contributed by atoms with E-state index in [9.17, 15) is 4.79 Å².